The molecule has 0 aliphatic heterocycles. The van der Waals surface area contributed by atoms with E-state index in [1.165, 1.54) is 5.56 Å². The van der Waals surface area contributed by atoms with Gasteiger partial charge in [-0.1, -0.05) is 37.6 Å². The van der Waals surface area contributed by atoms with Crippen LogP contribution in [-0.4, -0.2) is 47.7 Å². The van der Waals surface area contributed by atoms with E-state index in [1.54, 1.807) is 6.20 Å². The van der Waals surface area contributed by atoms with Crippen molar-refractivity contribution in [1.82, 2.24) is 14.9 Å². The van der Waals surface area contributed by atoms with Crippen LogP contribution >= 0.6 is 11.6 Å². The van der Waals surface area contributed by atoms with E-state index in [1.807, 2.05) is 78.9 Å². The second-order valence-corrected chi connectivity index (χ2v) is 8.98. The van der Waals surface area contributed by atoms with Crippen molar-refractivity contribution in [3.05, 3.63) is 95.6 Å². The molecule has 1 N–H and O–H groups in total. The largest absolute Gasteiger partial charge is 0.493 e. The molecule has 1 aromatic heterocycles. The van der Waals surface area contributed by atoms with Gasteiger partial charge in [-0.05, 0) is 85.4 Å². The van der Waals surface area contributed by atoms with E-state index in [2.05, 4.69) is 34.0 Å². The van der Waals surface area contributed by atoms with Crippen molar-refractivity contribution in [3.8, 4) is 22.8 Å². The summed E-state index contributed by atoms with van der Waals surface area (Å²) in [7, 11) is 0. The number of nitrogens with one attached hydrogen (secondary N) is 1. The normalized spacial score (nSPS) is 10.9. The summed E-state index contributed by atoms with van der Waals surface area (Å²) in [6, 6.07) is 25.5. The molecule has 192 valence electrons. The quantitative estimate of drug-likeness (QED) is 0.209. The third kappa shape index (κ3) is 8.20. The number of hydrogen-bond acceptors (Lipinski definition) is 6. The van der Waals surface area contributed by atoms with Crippen LogP contribution in [0.2, 0.25) is 5.02 Å². The van der Waals surface area contributed by atoms with Gasteiger partial charge in [0.2, 0.25) is 5.95 Å². The van der Waals surface area contributed by atoms with Gasteiger partial charge in [-0.3, -0.25) is 0 Å². The number of benzene rings is 3. The monoisotopic (exact) mass is 516 g/mol. The lowest BCUT2D eigenvalue weighted by atomic mass is 10.1. The topological polar surface area (TPSA) is 59.5 Å². The number of anilines is 2. The van der Waals surface area contributed by atoms with Gasteiger partial charge in [0.05, 0.1) is 12.3 Å². The number of rotatable bonds is 13. The minimum atomic E-state index is 0.538. The number of aromatic nitrogens is 2. The highest BCUT2D eigenvalue weighted by Gasteiger charge is 2.05. The summed E-state index contributed by atoms with van der Waals surface area (Å²) in [5.41, 5.74) is 3.92. The van der Waals surface area contributed by atoms with Gasteiger partial charge in [-0.2, -0.15) is 0 Å². The summed E-state index contributed by atoms with van der Waals surface area (Å²) in [5.74, 6) is 2.21. The molecule has 1 heterocycles. The fourth-order valence-corrected chi connectivity index (χ4v) is 3.96. The molecule has 0 saturated carbocycles. The van der Waals surface area contributed by atoms with Gasteiger partial charge in [0.1, 0.15) is 18.1 Å². The van der Waals surface area contributed by atoms with Gasteiger partial charge in [0.25, 0.3) is 0 Å². The Labute approximate surface area is 224 Å². The standard InChI is InChI=1S/C30H33ClN4O2/c1-3-35(4-2)20-22-37-28-15-11-26(12-16-28)33-30-32-19-17-29(34-30)24-7-13-27(14-8-24)36-21-18-23-5-9-25(31)10-6-23/h5-17,19H,3-4,18,20-22H2,1-2H3,(H,32,33,34). The Morgan fingerprint density at radius 2 is 1.43 bits per heavy atom. The van der Waals surface area contributed by atoms with Gasteiger partial charge in [0, 0.05) is 35.4 Å². The van der Waals surface area contributed by atoms with Crippen LogP contribution < -0.4 is 14.8 Å². The van der Waals surface area contributed by atoms with E-state index in [9.17, 15) is 0 Å². The van der Waals surface area contributed by atoms with Crippen molar-refractivity contribution in [2.75, 3.05) is 38.2 Å². The molecule has 0 saturated heterocycles. The first-order valence-corrected chi connectivity index (χ1v) is 13.0. The summed E-state index contributed by atoms with van der Waals surface area (Å²) in [4.78, 5) is 11.4. The first-order valence-electron chi connectivity index (χ1n) is 12.7. The SMILES string of the molecule is CCN(CC)CCOc1ccc(Nc2nccc(-c3ccc(OCCc4ccc(Cl)cc4)cc3)n2)cc1. The Morgan fingerprint density at radius 1 is 0.784 bits per heavy atom. The molecule has 0 amide bonds. The van der Waals surface area contributed by atoms with Crippen LogP contribution in [0.3, 0.4) is 0 Å². The minimum Gasteiger partial charge on any atom is -0.493 e. The summed E-state index contributed by atoms with van der Waals surface area (Å²) >= 11 is 5.94. The average molecular weight is 517 g/mol. The molecule has 0 bridgehead atoms. The predicted octanol–water partition coefficient (Wildman–Crippen LogP) is 6.88. The molecule has 4 aromatic rings. The van der Waals surface area contributed by atoms with Crippen molar-refractivity contribution >= 4 is 23.2 Å². The van der Waals surface area contributed by atoms with Crippen LogP contribution in [0, 0.1) is 0 Å². The van der Waals surface area contributed by atoms with Crippen molar-refractivity contribution in [3.63, 3.8) is 0 Å². The Bertz CT molecular complexity index is 1230. The van der Waals surface area contributed by atoms with E-state index in [0.29, 0.717) is 19.2 Å². The van der Waals surface area contributed by atoms with E-state index in [4.69, 9.17) is 21.1 Å². The zero-order chi connectivity index (χ0) is 25.9. The van der Waals surface area contributed by atoms with Crippen molar-refractivity contribution in [1.29, 1.82) is 0 Å². The molecular weight excluding hydrogens is 484 g/mol. The van der Waals surface area contributed by atoms with Crippen LogP contribution in [0.15, 0.2) is 85.1 Å². The van der Waals surface area contributed by atoms with Gasteiger partial charge >= 0.3 is 0 Å². The molecule has 4 rings (SSSR count). The summed E-state index contributed by atoms with van der Waals surface area (Å²) < 4.78 is 11.8. The van der Waals surface area contributed by atoms with Gasteiger partial charge in [-0.15, -0.1) is 0 Å². The zero-order valence-electron chi connectivity index (χ0n) is 21.4. The molecule has 37 heavy (non-hydrogen) atoms. The van der Waals surface area contributed by atoms with Crippen molar-refractivity contribution in [2.45, 2.75) is 20.3 Å². The fraction of sp³-hybridized carbons (Fsp3) is 0.267. The molecule has 0 radical (unpaired) electrons. The van der Waals surface area contributed by atoms with Crippen LogP contribution in [-0.2, 0) is 6.42 Å². The molecule has 7 heteroatoms. The third-order valence-corrected chi connectivity index (χ3v) is 6.31. The second kappa shape index (κ2) is 13.6. The Hall–Kier alpha value is -3.61. The summed E-state index contributed by atoms with van der Waals surface area (Å²) in [6.45, 7) is 8.58. The molecule has 0 atom stereocenters. The van der Waals surface area contributed by atoms with Gasteiger partial charge in [-0.25, -0.2) is 9.97 Å². The number of likely N-dealkylation sites (N-methyl/N-ethyl adjacent to an activating group) is 1. The summed E-state index contributed by atoms with van der Waals surface area (Å²) in [5, 5.41) is 4.02. The second-order valence-electron chi connectivity index (χ2n) is 8.54. The van der Waals surface area contributed by atoms with Gasteiger partial charge < -0.3 is 19.7 Å². The Morgan fingerprint density at radius 3 is 2.11 bits per heavy atom. The Balaban J connectivity index is 1.29. The van der Waals surface area contributed by atoms with Crippen LogP contribution in [0.4, 0.5) is 11.6 Å². The number of halogens is 1. The maximum atomic E-state index is 5.94. The number of ether oxygens (including phenoxy) is 2. The molecule has 0 unspecified atom stereocenters. The van der Waals surface area contributed by atoms with Crippen molar-refractivity contribution < 1.29 is 9.47 Å². The molecule has 0 fully saturated rings. The fourth-order valence-electron chi connectivity index (χ4n) is 3.84. The highest BCUT2D eigenvalue weighted by molar-refractivity contribution is 6.30. The lowest BCUT2D eigenvalue weighted by Gasteiger charge is -2.18. The van der Waals surface area contributed by atoms with E-state index in [0.717, 1.165) is 59.5 Å². The third-order valence-electron chi connectivity index (χ3n) is 6.06. The lowest BCUT2D eigenvalue weighted by Crippen LogP contribution is -2.27. The van der Waals surface area contributed by atoms with E-state index in [-0.39, 0.29) is 0 Å². The first kappa shape index (κ1) is 26.5. The highest BCUT2D eigenvalue weighted by Crippen LogP contribution is 2.23. The maximum absolute atomic E-state index is 5.94. The van der Waals surface area contributed by atoms with Gasteiger partial charge in [0.15, 0.2) is 0 Å². The van der Waals surface area contributed by atoms with E-state index < -0.39 is 0 Å². The summed E-state index contributed by atoms with van der Waals surface area (Å²) in [6.07, 6.45) is 2.58. The Kier molecular flexibility index (Phi) is 9.74. The average Bonchev–Trinajstić information content (AvgIpc) is 2.94. The smallest absolute Gasteiger partial charge is 0.227 e. The molecule has 6 nitrogen and oxygen atoms in total. The van der Waals surface area contributed by atoms with Crippen LogP contribution in [0.1, 0.15) is 19.4 Å². The maximum Gasteiger partial charge on any atom is 0.227 e. The molecule has 0 spiro atoms. The highest BCUT2D eigenvalue weighted by atomic mass is 35.5. The van der Waals surface area contributed by atoms with Crippen molar-refractivity contribution in [2.24, 2.45) is 0 Å². The van der Waals surface area contributed by atoms with Crippen LogP contribution in [0.25, 0.3) is 11.3 Å². The molecule has 0 aliphatic carbocycles. The number of hydrogen-bond donors (Lipinski definition) is 1. The minimum absolute atomic E-state index is 0.538. The number of nitrogens with zero attached hydrogens (tertiary/aromatic N) is 3. The molecule has 0 aliphatic rings. The van der Waals surface area contributed by atoms with Crippen LogP contribution in [0.5, 0.6) is 11.5 Å². The predicted molar refractivity (Wildman–Crippen MR) is 151 cm³/mol. The van der Waals surface area contributed by atoms with E-state index >= 15 is 0 Å². The molecule has 3 aromatic carbocycles. The zero-order valence-corrected chi connectivity index (χ0v) is 22.1. The lowest BCUT2D eigenvalue weighted by molar-refractivity contribution is 0.223. The molecular formula is C30H33ClN4O2. The first-order chi connectivity index (χ1) is 18.1.